The van der Waals surface area contributed by atoms with Crippen molar-refractivity contribution in [3.8, 4) is 11.3 Å². The van der Waals surface area contributed by atoms with Crippen LogP contribution in [-0.4, -0.2) is 51.8 Å². The van der Waals surface area contributed by atoms with E-state index in [-0.39, 0.29) is 11.3 Å². The quantitative estimate of drug-likeness (QED) is 0.431. The third-order valence-electron chi connectivity index (χ3n) is 5.56. The van der Waals surface area contributed by atoms with Crippen molar-refractivity contribution in [2.45, 2.75) is 19.3 Å². The van der Waals surface area contributed by atoms with Gasteiger partial charge in [-0.05, 0) is 42.0 Å². The van der Waals surface area contributed by atoms with E-state index in [1.165, 1.54) is 0 Å². The van der Waals surface area contributed by atoms with Gasteiger partial charge in [0.15, 0.2) is 5.82 Å². The Balaban J connectivity index is 1.47. The molecule has 0 aliphatic carbocycles. The molecule has 2 heterocycles. The highest BCUT2D eigenvalue weighted by Gasteiger charge is 2.22. The number of nitrogen functional groups attached to an aromatic ring is 1. The molecule has 1 amide bonds. The lowest BCUT2D eigenvalue weighted by molar-refractivity contribution is 0.0827. The van der Waals surface area contributed by atoms with Gasteiger partial charge in [0.1, 0.15) is 5.82 Å². The van der Waals surface area contributed by atoms with Gasteiger partial charge in [0.2, 0.25) is 0 Å². The van der Waals surface area contributed by atoms with Crippen LogP contribution in [0.15, 0.2) is 54.6 Å². The summed E-state index contributed by atoms with van der Waals surface area (Å²) >= 11 is 0. The number of H-pyrrole nitrogens is 1. The van der Waals surface area contributed by atoms with Crippen LogP contribution in [-0.2, 0) is 5.41 Å². The van der Waals surface area contributed by atoms with E-state index in [1.807, 2.05) is 54.6 Å². The molecule has 0 radical (unpaired) electrons. The first-order valence-electron chi connectivity index (χ1n) is 10.4. The smallest absolute Gasteiger partial charge is 0.253 e. The average Bonchev–Trinajstić information content (AvgIpc) is 3.17. The fraction of sp³-hybridized carbons (Fsp3) is 0.250. The maximum absolute atomic E-state index is 12.3. The standard InChI is InChI=1S/C24H27N7O/c1-24(2,17-7-5-6-16(12-17)23(32)31(3)4)14-26-21-11-10-19(27-29-21)15-8-9-20-18(13-15)22(25)30-28-20/h5-13H,14H2,1-4H3,(H,26,29)(H3,25,28,30). The van der Waals surface area contributed by atoms with E-state index in [2.05, 4.69) is 39.6 Å². The SMILES string of the molecule is CN(C)C(=O)c1cccc(C(C)(C)CNc2ccc(-c3ccc4[nH]nc(N)c4c3)nn2)c1. The number of nitrogens with two attached hydrogens (primary N) is 1. The van der Waals surface area contributed by atoms with Crippen molar-refractivity contribution in [1.29, 1.82) is 0 Å². The fourth-order valence-corrected chi connectivity index (χ4v) is 3.52. The lowest BCUT2D eigenvalue weighted by Gasteiger charge is -2.26. The minimum atomic E-state index is -0.215. The molecular weight excluding hydrogens is 402 g/mol. The van der Waals surface area contributed by atoms with E-state index in [0.29, 0.717) is 23.7 Å². The zero-order chi connectivity index (χ0) is 22.9. The van der Waals surface area contributed by atoms with E-state index in [4.69, 9.17) is 5.73 Å². The van der Waals surface area contributed by atoms with E-state index in [1.54, 1.807) is 19.0 Å². The summed E-state index contributed by atoms with van der Waals surface area (Å²) in [5.74, 6) is 1.14. The van der Waals surface area contributed by atoms with Gasteiger partial charge in [-0.1, -0.05) is 32.0 Å². The molecule has 0 aliphatic heterocycles. The maximum Gasteiger partial charge on any atom is 0.253 e. The monoisotopic (exact) mass is 429 g/mol. The highest BCUT2D eigenvalue weighted by Crippen LogP contribution is 2.27. The van der Waals surface area contributed by atoms with Crippen LogP contribution in [0.5, 0.6) is 0 Å². The Morgan fingerprint density at radius 1 is 1.09 bits per heavy atom. The predicted octanol–water partition coefficient (Wildman–Crippen LogP) is 3.69. The molecule has 0 fully saturated rings. The van der Waals surface area contributed by atoms with Gasteiger partial charge in [-0.15, -0.1) is 10.2 Å². The van der Waals surface area contributed by atoms with Gasteiger partial charge in [-0.25, -0.2) is 0 Å². The number of rotatable bonds is 6. The Bertz CT molecular complexity index is 1260. The van der Waals surface area contributed by atoms with Crippen molar-refractivity contribution in [2.24, 2.45) is 0 Å². The van der Waals surface area contributed by atoms with Crippen molar-refractivity contribution in [2.75, 3.05) is 31.7 Å². The van der Waals surface area contributed by atoms with Crippen LogP contribution >= 0.6 is 0 Å². The zero-order valence-corrected chi connectivity index (χ0v) is 18.7. The summed E-state index contributed by atoms with van der Waals surface area (Å²) in [4.78, 5) is 13.9. The fourth-order valence-electron chi connectivity index (χ4n) is 3.52. The van der Waals surface area contributed by atoms with Crippen LogP contribution in [0.2, 0.25) is 0 Å². The molecule has 32 heavy (non-hydrogen) atoms. The third kappa shape index (κ3) is 4.25. The lowest BCUT2D eigenvalue weighted by atomic mass is 9.83. The van der Waals surface area contributed by atoms with Gasteiger partial charge >= 0.3 is 0 Å². The second-order valence-electron chi connectivity index (χ2n) is 8.69. The first-order chi connectivity index (χ1) is 15.2. The first kappa shape index (κ1) is 21.3. The largest absolute Gasteiger partial charge is 0.382 e. The van der Waals surface area contributed by atoms with Crippen LogP contribution in [0.1, 0.15) is 29.8 Å². The van der Waals surface area contributed by atoms with Gasteiger partial charge in [0.05, 0.1) is 11.2 Å². The molecule has 8 nitrogen and oxygen atoms in total. The summed E-state index contributed by atoms with van der Waals surface area (Å²) in [6.07, 6.45) is 0. The molecule has 2 aromatic heterocycles. The molecule has 8 heteroatoms. The number of nitrogens with one attached hydrogen (secondary N) is 2. The van der Waals surface area contributed by atoms with E-state index in [0.717, 1.165) is 27.7 Å². The highest BCUT2D eigenvalue weighted by molar-refractivity contribution is 5.94. The van der Waals surface area contributed by atoms with Crippen molar-refractivity contribution in [3.05, 3.63) is 65.7 Å². The maximum atomic E-state index is 12.3. The number of hydrogen-bond acceptors (Lipinski definition) is 6. The Morgan fingerprint density at radius 3 is 2.62 bits per heavy atom. The van der Waals surface area contributed by atoms with Crippen molar-refractivity contribution in [1.82, 2.24) is 25.3 Å². The van der Waals surface area contributed by atoms with Crippen LogP contribution in [0, 0.1) is 0 Å². The molecule has 0 saturated heterocycles. The van der Waals surface area contributed by atoms with Crippen LogP contribution < -0.4 is 11.1 Å². The number of anilines is 2. The molecule has 0 unspecified atom stereocenters. The van der Waals surface area contributed by atoms with Gasteiger partial charge in [-0.3, -0.25) is 9.89 Å². The van der Waals surface area contributed by atoms with Gasteiger partial charge in [0.25, 0.3) is 5.91 Å². The normalized spacial score (nSPS) is 11.5. The van der Waals surface area contributed by atoms with Crippen molar-refractivity contribution < 1.29 is 4.79 Å². The predicted molar refractivity (Wildman–Crippen MR) is 128 cm³/mol. The van der Waals surface area contributed by atoms with Crippen LogP contribution in [0.3, 0.4) is 0 Å². The van der Waals surface area contributed by atoms with E-state index < -0.39 is 0 Å². The molecule has 4 aromatic rings. The van der Waals surface area contributed by atoms with Gasteiger partial charge < -0.3 is 16.0 Å². The summed E-state index contributed by atoms with van der Waals surface area (Å²) in [5, 5.41) is 19.8. The third-order valence-corrected chi connectivity index (χ3v) is 5.56. The number of nitrogens with zero attached hydrogens (tertiary/aromatic N) is 4. The number of amides is 1. The molecule has 0 bridgehead atoms. The average molecular weight is 430 g/mol. The zero-order valence-electron chi connectivity index (χ0n) is 18.7. The number of fused-ring (bicyclic) bond motifs is 1. The molecule has 2 aromatic carbocycles. The summed E-state index contributed by atoms with van der Waals surface area (Å²) in [6.45, 7) is 4.90. The lowest BCUT2D eigenvalue weighted by Crippen LogP contribution is -2.29. The Kier molecular flexibility index (Phi) is 5.52. The van der Waals surface area contributed by atoms with E-state index in [9.17, 15) is 4.79 Å². The molecular formula is C24H27N7O. The second kappa shape index (κ2) is 8.30. The molecule has 0 aliphatic rings. The summed E-state index contributed by atoms with van der Waals surface area (Å²) in [7, 11) is 3.51. The minimum Gasteiger partial charge on any atom is -0.382 e. The van der Waals surface area contributed by atoms with E-state index >= 15 is 0 Å². The second-order valence-corrected chi connectivity index (χ2v) is 8.69. The molecule has 4 N–H and O–H groups in total. The highest BCUT2D eigenvalue weighted by atomic mass is 16.2. The van der Waals surface area contributed by atoms with Crippen LogP contribution in [0.4, 0.5) is 11.6 Å². The van der Waals surface area contributed by atoms with Crippen molar-refractivity contribution >= 4 is 28.4 Å². The molecule has 0 saturated carbocycles. The summed E-state index contributed by atoms with van der Waals surface area (Å²) < 4.78 is 0. The Hall–Kier alpha value is -3.94. The first-order valence-corrected chi connectivity index (χ1v) is 10.4. The summed E-state index contributed by atoms with van der Waals surface area (Å²) in [6, 6.07) is 17.4. The molecule has 0 spiro atoms. The number of aromatic nitrogens is 4. The number of aromatic amines is 1. The van der Waals surface area contributed by atoms with Crippen LogP contribution in [0.25, 0.3) is 22.2 Å². The number of carbonyl (C=O) groups excluding carboxylic acids is 1. The van der Waals surface area contributed by atoms with Crippen molar-refractivity contribution in [3.63, 3.8) is 0 Å². The Morgan fingerprint density at radius 2 is 1.91 bits per heavy atom. The molecule has 4 rings (SSSR count). The topological polar surface area (TPSA) is 113 Å². The van der Waals surface area contributed by atoms with Gasteiger partial charge in [0, 0.05) is 42.6 Å². The summed E-state index contributed by atoms with van der Waals surface area (Å²) in [5.41, 5.74) is 10.0. The van der Waals surface area contributed by atoms with Gasteiger partial charge in [-0.2, -0.15) is 5.10 Å². The Labute approximate surface area is 186 Å². The number of benzene rings is 2. The molecule has 164 valence electrons. The number of carbonyl (C=O) groups is 1. The number of hydrogen-bond donors (Lipinski definition) is 3. The molecule has 0 atom stereocenters. The minimum absolute atomic E-state index is 0.00701.